The highest BCUT2D eigenvalue weighted by Gasteiger charge is 2.10. The molecule has 0 spiro atoms. The van der Waals surface area contributed by atoms with Crippen LogP contribution in [0.1, 0.15) is 39.0 Å². The number of unbranched alkanes of at least 4 members (excludes halogenated alkanes) is 3. The van der Waals surface area contributed by atoms with Crippen molar-refractivity contribution in [1.82, 2.24) is 5.32 Å². The summed E-state index contributed by atoms with van der Waals surface area (Å²) in [6.45, 7) is 2.80. The number of nitrogens with one attached hydrogen (secondary N) is 1. The number of allylic oxidation sites excluding steroid dienone is 1. The summed E-state index contributed by atoms with van der Waals surface area (Å²) >= 11 is 0. The maximum absolute atomic E-state index is 10.8. The third-order valence-electron chi connectivity index (χ3n) is 2.08. The first-order chi connectivity index (χ1) is 6.33. The minimum Gasteiger partial charge on any atom is -0.415 e. The maximum atomic E-state index is 10.8. The molecule has 0 bridgehead atoms. The Morgan fingerprint density at radius 1 is 1.46 bits per heavy atom. The zero-order chi connectivity index (χ0) is 9.52. The summed E-state index contributed by atoms with van der Waals surface area (Å²) in [6.07, 6.45) is 7.36. The first-order valence-electron chi connectivity index (χ1n) is 4.97. The summed E-state index contributed by atoms with van der Waals surface area (Å²) in [7, 11) is 0. The molecule has 74 valence electrons. The molecule has 0 aromatic heterocycles. The monoisotopic (exact) mass is 183 g/mol. The van der Waals surface area contributed by atoms with E-state index in [9.17, 15) is 4.79 Å². The topological polar surface area (TPSA) is 38.3 Å². The summed E-state index contributed by atoms with van der Waals surface area (Å²) in [6, 6.07) is 0. The van der Waals surface area contributed by atoms with E-state index in [0.29, 0.717) is 6.54 Å². The molecule has 1 N–H and O–H groups in total. The van der Waals surface area contributed by atoms with E-state index >= 15 is 0 Å². The number of alkyl carbamates (subject to hydrolysis) is 1. The molecule has 0 saturated carbocycles. The van der Waals surface area contributed by atoms with Gasteiger partial charge in [0.05, 0.1) is 0 Å². The molecule has 0 aliphatic carbocycles. The van der Waals surface area contributed by atoms with Gasteiger partial charge in [-0.15, -0.1) is 0 Å². The molecule has 0 saturated heterocycles. The van der Waals surface area contributed by atoms with Crippen LogP contribution in [0.4, 0.5) is 4.79 Å². The van der Waals surface area contributed by atoms with Crippen LogP contribution in [0.3, 0.4) is 0 Å². The second-order valence-electron chi connectivity index (χ2n) is 3.25. The van der Waals surface area contributed by atoms with E-state index < -0.39 is 0 Å². The number of hydrogen-bond donors (Lipinski definition) is 1. The predicted molar refractivity (Wildman–Crippen MR) is 51.3 cm³/mol. The fourth-order valence-electron chi connectivity index (χ4n) is 1.32. The fraction of sp³-hybridized carbons (Fsp3) is 0.700. The zero-order valence-electron chi connectivity index (χ0n) is 8.14. The van der Waals surface area contributed by atoms with E-state index in [1.54, 1.807) is 0 Å². The van der Waals surface area contributed by atoms with Crippen molar-refractivity contribution in [3.05, 3.63) is 11.8 Å². The third-order valence-corrected chi connectivity index (χ3v) is 2.08. The summed E-state index contributed by atoms with van der Waals surface area (Å²) < 4.78 is 4.98. The summed E-state index contributed by atoms with van der Waals surface area (Å²) in [4.78, 5) is 10.8. The van der Waals surface area contributed by atoms with Crippen LogP contribution in [0, 0.1) is 0 Å². The Morgan fingerprint density at radius 2 is 2.31 bits per heavy atom. The highest BCUT2D eigenvalue weighted by atomic mass is 16.6. The standard InChI is InChI=1S/C10H17NO2/c1-2-3-4-5-6-9-7-8-11-10(12)13-9/h7H,2-6,8H2,1H3,(H,11,12). The van der Waals surface area contributed by atoms with Gasteiger partial charge in [0.25, 0.3) is 0 Å². The lowest BCUT2D eigenvalue weighted by Gasteiger charge is -2.13. The van der Waals surface area contributed by atoms with Crippen molar-refractivity contribution in [3.63, 3.8) is 0 Å². The molecule has 0 atom stereocenters. The van der Waals surface area contributed by atoms with Crippen LogP contribution in [0.5, 0.6) is 0 Å². The average molecular weight is 183 g/mol. The van der Waals surface area contributed by atoms with Crippen molar-refractivity contribution in [1.29, 1.82) is 0 Å². The summed E-state index contributed by atoms with van der Waals surface area (Å²) in [5.41, 5.74) is 0. The highest BCUT2D eigenvalue weighted by molar-refractivity contribution is 5.69. The molecule has 1 amide bonds. The molecule has 13 heavy (non-hydrogen) atoms. The average Bonchev–Trinajstić information content (AvgIpc) is 2.13. The van der Waals surface area contributed by atoms with Gasteiger partial charge in [-0.05, 0) is 12.5 Å². The molecule has 1 rings (SSSR count). The molecule has 0 radical (unpaired) electrons. The Labute approximate surface area is 79.2 Å². The normalized spacial score (nSPS) is 16.1. The van der Waals surface area contributed by atoms with Crippen LogP contribution in [-0.4, -0.2) is 12.6 Å². The lowest BCUT2D eigenvalue weighted by molar-refractivity contribution is 0.168. The molecule has 1 aliphatic rings. The fourth-order valence-corrected chi connectivity index (χ4v) is 1.32. The molecule has 3 nitrogen and oxygen atoms in total. The van der Waals surface area contributed by atoms with Gasteiger partial charge in [-0.3, -0.25) is 0 Å². The Hall–Kier alpha value is -0.990. The Morgan fingerprint density at radius 3 is 3.00 bits per heavy atom. The van der Waals surface area contributed by atoms with Gasteiger partial charge in [0.1, 0.15) is 5.76 Å². The first kappa shape index (κ1) is 10.1. The van der Waals surface area contributed by atoms with Crippen LogP contribution in [0.2, 0.25) is 0 Å². The van der Waals surface area contributed by atoms with Crippen molar-refractivity contribution >= 4 is 6.09 Å². The van der Waals surface area contributed by atoms with Crippen LogP contribution in [0.25, 0.3) is 0 Å². The van der Waals surface area contributed by atoms with E-state index in [2.05, 4.69) is 12.2 Å². The van der Waals surface area contributed by atoms with Crippen LogP contribution in [-0.2, 0) is 4.74 Å². The number of rotatable bonds is 5. The second-order valence-corrected chi connectivity index (χ2v) is 3.25. The van der Waals surface area contributed by atoms with E-state index in [4.69, 9.17) is 4.74 Å². The largest absolute Gasteiger partial charge is 0.415 e. The number of amides is 1. The number of carbonyl (C=O) groups is 1. The number of ether oxygens (including phenoxy) is 1. The smallest absolute Gasteiger partial charge is 0.412 e. The predicted octanol–water partition coefficient (Wildman–Crippen LogP) is 2.58. The van der Waals surface area contributed by atoms with Gasteiger partial charge in [-0.1, -0.05) is 26.2 Å². The van der Waals surface area contributed by atoms with Crippen LogP contribution in [0.15, 0.2) is 11.8 Å². The van der Waals surface area contributed by atoms with Gasteiger partial charge < -0.3 is 10.1 Å². The number of carbonyl (C=O) groups excluding carboxylic acids is 1. The van der Waals surface area contributed by atoms with Crippen molar-refractivity contribution in [3.8, 4) is 0 Å². The van der Waals surface area contributed by atoms with Gasteiger partial charge in [0, 0.05) is 13.0 Å². The molecule has 1 aliphatic heterocycles. The molecule has 0 aromatic carbocycles. The Balaban J connectivity index is 2.13. The molecule has 0 unspecified atom stereocenters. The second kappa shape index (κ2) is 5.62. The Bertz CT molecular complexity index is 199. The molecular weight excluding hydrogens is 166 g/mol. The van der Waals surface area contributed by atoms with E-state index in [1.807, 2.05) is 6.08 Å². The number of cyclic esters (lactones) is 1. The summed E-state index contributed by atoms with van der Waals surface area (Å²) in [5.74, 6) is 0.833. The van der Waals surface area contributed by atoms with Crippen LogP contribution >= 0.6 is 0 Å². The molecule has 0 fully saturated rings. The zero-order valence-corrected chi connectivity index (χ0v) is 8.14. The highest BCUT2D eigenvalue weighted by Crippen LogP contribution is 2.13. The van der Waals surface area contributed by atoms with E-state index in [-0.39, 0.29) is 6.09 Å². The first-order valence-corrected chi connectivity index (χ1v) is 4.97. The van der Waals surface area contributed by atoms with Crippen molar-refractivity contribution < 1.29 is 9.53 Å². The lowest BCUT2D eigenvalue weighted by Crippen LogP contribution is -2.28. The number of hydrogen-bond acceptors (Lipinski definition) is 2. The quantitative estimate of drug-likeness (QED) is 0.665. The van der Waals surface area contributed by atoms with Gasteiger partial charge >= 0.3 is 6.09 Å². The van der Waals surface area contributed by atoms with Crippen molar-refractivity contribution in [2.45, 2.75) is 39.0 Å². The van der Waals surface area contributed by atoms with Gasteiger partial charge in [0.15, 0.2) is 0 Å². The van der Waals surface area contributed by atoms with Crippen molar-refractivity contribution in [2.75, 3.05) is 6.54 Å². The van der Waals surface area contributed by atoms with E-state index in [0.717, 1.165) is 18.6 Å². The lowest BCUT2D eigenvalue weighted by atomic mass is 10.1. The van der Waals surface area contributed by atoms with Gasteiger partial charge in [-0.25, -0.2) is 4.79 Å². The Kier molecular flexibility index (Phi) is 4.36. The minimum atomic E-state index is -0.312. The molecule has 1 heterocycles. The van der Waals surface area contributed by atoms with Crippen LogP contribution < -0.4 is 5.32 Å². The van der Waals surface area contributed by atoms with E-state index in [1.165, 1.54) is 19.3 Å². The summed E-state index contributed by atoms with van der Waals surface area (Å²) in [5, 5.41) is 2.58. The minimum absolute atomic E-state index is 0.312. The molecule has 3 heteroatoms. The maximum Gasteiger partial charge on any atom is 0.412 e. The molecular formula is C10H17NO2. The third kappa shape index (κ3) is 3.97. The van der Waals surface area contributed by atoms with Gasteiger partial charge in [-0.2, -0.15) is 0 Å². The SMILES string of the molecule is CCCCCCC1=CCNC(=O)O1. The van der Waals surface area contributed by atoms with Crippen molar-refractivity contribution in [2.24, 2.45) is 0 Å². The van der Waals surface area contributed by atoms with Gasteiger partial charge in [0.2, 0.25) is 0 Å². The molecule has 0 aromatic rings.